The van der Waals surface area contributed by atoms with Crippen LogP contribution in [0.5, 0.6) is 0 Å². The minimum atomic E-state index is 0.142. The molecule has 1 unspecified atom stereocenters. The highest BCUT2D eigenvalue weighted by Gasteiger charge is 2.34. The molecule has 4 heteroatoms. The molecular formula is C24H29N3O. The number of hydrogen-bond donors (Lipinski definition) is 0. The minimum Gasteiger partial charge on any atom is -0.328 e. The second-order valence-electron chi connectivity index (χ2n) is 7.99. The largest absolute Gasteiger partial charge is 0.328 e. The minimum absolute atomic E-state index is 0.142. The molecule has 0 saturated carbocycles. The number of imidazole rings is 1. The smallest absolute Gasteiger partial charge is 0.227 e. The Labute approximate surface area is 167 Å². The lowest BCUT2D eigenvalue weighted by Crippen LogP contribution is -2.24. The van der Waals surface area contributed by atoms with E-state index in [1.807, 2.05) is 11.0 Å². The van der Waals surface area contributed by atoms with Crippen LogP contribution in [0.25, 0.3) is 11.0 Å². The van der Waals surface area contributed by atoms with Crippen LogP contribution in [0.4, 0.5) is 5.69 Å². The van der Waals surface area contributed by atoms with Gasteiger partial charge in [-0.3, -0.25) is 4.79 Å². The van der Waals surface area contributed by atoms with Crippen molar-refractivity contribution in [2.75, 3.05) is 11.4 Å². The van der Waals surface area contributed by atoms with Gasteiger partial charge in [0.1, 0.15) is 5.82 Å². The van der Waals surface area contributed by atoms with Crippen molar-refractivity contribution in [3.63, 3.8) is 0 Å². The van der Waals surface area contributed by atoms with Crippen molar-refractivity contribution >= 4 is 22.6 Å². The van der Waals surface area contributed by atoms with Crippen LogP contribution in [-0.4, -0.2) is 22.0 Å². The molecule has 0 aliphatic carbocycles. The summed E-state index contributed by atoms with van der Waals surface area (Å²) in [7, 11) is 0. The zero-order valence-electron chi connectivity index (χ0n) is 17.1. The molecule has 4 rings (SSSR count). The molecule has 0 bridgehead atoms. The summed E-state index contributed by atoms with van der Waals surface area (Å²) >= 11 is 0. The Morgan fingerprint density at radius 2 is 1.89 bits per heavy atom. The first-order valence-electron chi connectivity index (χ1n) is 10.4. The average Bonchev–Trinajstić information content (AvgIpc) is 3.25. The van der Waals surface area contributed by atoms with Gasteiger partial charge in [-0.05, 0) is 55.7 Å². The Morgan fingerprint density at radius 1 is 1.07 bits per heavy atom. The molecule has 146 valence electrons. The molecule has 1 amide bonds. The van der Waals surface area contributed by atoms with E-state index in [4.69, 9.17) is 4.98 Å². The topological polar surface area (TPSA) is 38.1 Å². The van der Waals surface area contributed by atoms with Crippen LogP contribution in [0.15, 0.2) is 42.5 Å². The van der Waals surface area contributed by atoms with Gasteiger partial charge in [0.25, 0.3) is 0 Å². The lowest BCUT2D eigenvalue weighted by Gasteiger charge is -2.18. The molecule has 0 N–H and O–H groups in total. The van der Waals surface area contributed by atoms with E-state index in [1.165, 1.54) is 29.5 Å². The Kier molecular flexibility index (Phi) is 5.21. The number of hydrogen-bond acceptors (Lipinski definition) is 2. The van der Waals surface area contributed by atoms with Crippen molar-refractivity contribution in [3.8, 4) is 0 Å². The highest BCUT2D eigenvalue weighted by molar-refractivity contribution is 5.96. The van der Waals surface area contributed by atoms with Crippen LogP contribution in [0, 0.1) is 13.8 Å². The quantitative estimate of drug-likeness (QED) is 0.544. The molecule has 2 aromatic carbocycles. The fraction of sp³-hybridized carbons (Fsp3) is 0.417. The maximum atomic E-state index is 12.8. The Hall–Kier alpha value is -2.62. The second kappa shape index (κ2) is 7.78. The highest BCUT2D eigenvalue weighted by atomic mass is 16.2. The molecule has 1 atom stereocenters. The zero-order chi connectivity index (χ0) is 19.7. The molecule has 3 aromatic rings. The van der Waals surface area contributed by atoms with Gasteiger partial charge in [-0.25, -0.2) is 4.98 Å². The van der Waals surface area contributed by atoms with Gasteiger partial charge in [-0.2, -0.15) is 0 Å². The molecule has 28 heavy (non-hydrogen) atoms. The summed E-state index contributed by atoms with van der Waals surface area (Å²) in [5.74, 6) is 1.40. The number of aryl methyl sites for hydroxylation is 3. The maximum Gasteiger partial charge on any atom is 0.227 e. The number of anilines is 1. The molecule has 1 aromatic heterocycles. The molecule has 1 saturated heterocycles. The van der Waals surface area contributed by atoms with Gasteiger partial charge in [0, 0.05) is 31.1 Å². The van der Waals surface area contributed by atoms with Crippen molar-refractivity contribution in [1.82, 2.24) is 9.55 Å². The van der Waals surface area contributed by atoms with Gasteiger partial charge < -0.3 is 9.47 Å². The number of unbranched alkanes of at least 4 members (excludes halogenated alkanes) is 2. The third-order valence-corrected chi connectivity index (χ3v) is 5.96. The van der Waals surface area contributed by atoms with Gasteiger partial charge >= 0.3 is 0 Å². The zero-order valence-corrected chi connectivity index (χ0v) is 17.1. The van der Waals surface area contributed by atoms with E-state index in [2.05, 4.69) is 61.7 Å². The summed E-state index contributed by atoms with van der Waals surface area (Å²) in [6.07, 6.45) is 4.09. The first kappa shape index (κ1) is 18.7. The molecule has 1 aliphatic heterocycles. The number of aromatic nitrogens is 2. The predicted molar refractivity (Wildman–Crippen MR) is 115 cm³/mol. The third-order valence-electron chi connectivity index (χ3n) is 5.96. The van der Waals surface area contributed by atoms with Crippen molar-refractivity contribution in [2.24, 2.45) is 0 Å². The summed E-state index contributed by atoms with van der Waals surface area (Å²) in [6, 6.07) is 14.6. The number of para-hydroxylation sites is 2. The molecule has 0 radical (unpaired) electrons. The summed E-state index contributed by atoms with van der Waals surface area (Å²) in [5, 5.41) is 0. The Bertz CT molecular complexity index is 1000. The van der Waals surface area contributed by atoms with Crippen LogP contribution < -0.4 is 4.90 Å². The van der Waals surface area contributed by atoms with Crippen molar-refractivity contribution in [3.05, 3.63) is 59.4 Å². The Morgan fingerprint density at radius 3 is 2.68 bits per heavy atom. The first-order valence-corrected chi connectivity index (χ1v) is 10.4. The van der Waals surface area contributed by atoms with Crippen LogP contribution in [0.2, 0.25) is 0 Å². The summed E-state index contributed by atoms with van der Waals surface area (Å²) < 4.78 is 2.35. The monoisotopic (exact) mass is 375 g/mol. The number of rotatable bonds is 6. The van der Waals surface area contributed by atoms with Crippen LogP contribution >= 0.6 is 0 Å². The molecule has 2 heterocycles. The van der Waals surface area contributed by atoms with E-state index >= 15 is 0 Å². The van der Waals surface area contributed by atoms with Crippen molar-refractivity contribution in [1.29, 1.82) is 0 Å². The number of carbonyl (C=O) groups excluding carboxylic acids is 1. The predicted octanol–water partition coefficient (Wildman–Crippen LogP) is 5.36. The van der Waals surface area contributed by atoms with Crippen LogP contribution in [0.3, 0.4) is 0 Å². The summed E-state index contributed by atoms with van der Waals surface area (Å²) in [5.41, 5.74) is 5.70. The molecule has 1 aliphatic rings. The second-order valence-corrected chi connectivity index (χ2v) is 7.99. The summed E-state index contributed by atoms with van der Waals surface area (Å²) in [4.78, 5) is 19.7. The number of carbonyl (C=O) groups is 1. The summed E-state index contributed by atoms with van der Waals surface area (Å²) in [6.45, 7) is 8.11. The average molecular weight is 376 g/mol. The van der Waals surface area contributed by atoms with Gasteiger partial charge in [-0.1, -0.05) is 38.0 Å². The highest BCUT2D eigenvalue weighted by Crippen LogP contribution is 2.34. The van der Waals surface area contributed by atoms with E-state index in [-0.39, 0.29) is 11.8 Å². The van der Waals surface area contributed by atoms with E-state index in [0.29, 0.717) is 13.0 Å². The van der Waals surface area contributed by atoms with E-state index in [1.54, 1.807) is 0 Å². The fourth-order valence-electron chi connectivity index (χ4n) is 4.18. The van der Waals surface area contributed by atoms with Crippen molar-refractivity contribution in [2.45, 2.75) is 58.9 Å². The lowest BCUT2D eigenvalue weighted by atomic mass is 10.1. The first-order chi connectivity index (χ1) is 13.6. The van der Waals surface area contributed by atoms with Gasteiger partial charge in [0.2, 0.25) is 5.91 Å². The van der Waals surface area contributed by atoms with Crippen LogP contribution in [0.1, 0.15) is 55.5 Å². The van der Waals surface area contributed by atoms with Gasteiger partial charge in [-0.15, -0.1) is 0 Å². The molecule has 4 nitrogen and oxygen atoms in total. The third kappa shape index (κ3) is 3.44. The standard InChI is InChI=1S/C24H29N3O/c1-4-5-8-13-26-22-10-7-6-9-21(22)25-24(26)19-15-23(28)27(16-19)20-12-11-17(2)18(3)14-20/h6-7,9-12,14,19H,4-5,8,13,15-16H2,1-3H3. The molecule has 1 fully saturated rings. The number of fused-ring (bicyclic) bond motifs is 1. The molecular weight excluding hydrogens is 346 g/mol. The van der Waals surface area contributed by atoms with Crippen molar-refractivity contribution < 1.29 is 4.79 Å². The van der Waals surface area contributed by atoms with E-state index in [0.717, 1.165) is 30.0 Å². The van der Waals surface area contributed by atoms with Crippen LogP contribution in [-0.2, 0) is 11.3 Å². The van der Waals surface area contributed by atoms with Gasteiger partial charge in [0.05, 0.1) is 11.0 Å². The maximum absolute atomic E-state index is 12.8. The normalized spacial score (nSPS) is 17.0. The fourth-order valence-corrected chi connectivity index (χ4v) is 4.18. The SMILES string of the molecule is CCCCCn1c(C2CC(=O)N(c3ccc(C)c(C)c3)C2)nc2ccccc21. The van der Waals surface area contributed by atoms with E-state index < -0.39 is 0 Å². The number of benzene rings is 2. The van der Waals surface area contributed by atoms with Gasteiger partial charge in [0.15, 0.2) is 0 Å². The van der Waals surface area contributed by atoms with E-state index in [9.17, 15) is 4.79 Å². The number of amides is 1. The Balaban J connectivity index is 1.65. The lowest BCUT2D eigenvalue weighted by molar-refractivity contribution is -0.117. The molecule has 0 spiro atoms. The number of nitrogens with zero attached hydrogens (tertiary/aromatic N) is 3.